The lowest BCUT2D eigenvalue weighted by Crippen LogP contribution is -2.28. The van der Waals surface area contributed by atoms with E-state index in [1.54, 1.807) is 0 Å². The van der Waals surface area contributed by atoms with E-state index in [4.69, 9.17) is 5.11 Å². The van der Waals surface area contributed by atoms with Gasteiger partial charge in [-0.3, -0.25) is 4.79 Å². The van der Waals surface area contributed by atoms with Gasteiger partial charge in [-0.25, -0.2) is 18.2 Å². The second kappa shape index (κ2) is 5.36. The van der Waals surface area contributed by atoms with Gasteiger partial charge in [-0.1, -0.05) is 0 Å². The summed E-state index contributed by atoms with van der Waals surface area (Å²) in [5.74, 6) is -5.23. The summed E-state index contributed by atoms with van der Waals surface area (Å²) in [6, 6.07) is 1.59. The maximum absolute atomic E-state index is 13.1. The van der Waals surface area contributed by atoms with E-state index < -0.39 is 28.8 Å². The quantitative estimate of drug-likeness (QED) is 0.845. The van der Waals surface area contributed by atoms with Crippen LogP contribution in [0.1, 0.15) is 19.5 Å². The van der Waals surface area contributed by atoms with E-state index in [0.717, 1.165) is 23.5 Å². The number of carboxylic acids is 1. The summed E-state index contributed by atoms with van der Waals surface area (Å²) in [5.41, 5.74) is -0.888. The summed E-state index contributed by atoms with van der Waals surface area (Å²) >= 11 is 1.08. The van der Waals surface area contributed by atoms with Crippen molar-refractivity contribution in [2.45, 2.75) is 19.3 Å². The highest BCUT2D eigenvalue weighted by molar-refractivity contribution is 7.13. The number of aliphatic carboxylic acids is 1. The molecule has 0 bridgehead atoms. The Bertz CT molecular complexity index is 677. The van der Waals surface area contributed by atoms with Crippen molar-refractivity contribution < 1.29 is 23.1 Å². The monoisotopic (exact) mass is 316 g/mol. The first-order chi connectivity index (χ1) is 9.71. The Hall–Kier alpha value is -2.09. The van der Waals surface area contributed by atoms with Crippen molar-refractivity contribution in [3.05, 3.63) is 40.7 Å². The van der Waals surface area contributed by atoms with E-state index in [9.17, 15) is 18.0 Å². The van der Waals surface area contributed by atoms with Gasteiger partial charge in [-0.05, 0) is 13.8 Å². The molecule has 1 aromatic carbocycles. The molecule has 0 aliphatic carbocycles. The third-order valence-corrected chi connectivity index (χ3v) is 3.67. The number of rotatable bonds is 4. The normalized spacial score (nSPS) is 11.5. The largest absolute Gasteiger partial charge is 0.481 e. The highest BCUT2D eigenvalue weighted by atomic mass is 32.1. The number of benzene rings is 1. The van der Waals surface area contributed by atoms with Crippen LogP contribution in [0.5, 0.6) is 0 Å². The molecule has 4 nitrogen and oxygen atoms in total. The minimum absolute atomic E-state index is 0.0135. The van der Waals surface area contributed by atoms with E-state index in [2.05, 4.69) is 10.3 Å². The molecule has 0 saturated carbocycles. The summed E-state index contributed by atoms with van der Waals surface area (Å²) in [6.07, 6.45) is 0. The lowest BCUT2D eigenvalue weighted by Gasteiger charge is -2.15. The maximum Gasteiger partial charge on any atom is 0.315 e. The maximum atomic E-state index is 13.1. The number of halogens is 3. The summed E-state index contributed by atoms with van der Waals surface area (Å²) in [7, 11) is 0. The van der Waals surface area contributed by atoms with Crippen LogP contribution in [0.3, 0.4) is 0 Å². The molecule has 0 atom stereocenters. The predicted octanol–water partition coefficient (Wildman–Crippen LogP) is 3.67. The van der Waals surface area contributed by atoms with E-state index in [0.29, 0.717) is 5.69 Å². The van der Waals surface area contributed by atoms with Gasteiger partial charge < -0.3 is 10.4 Å². The van der Waals surface area contributed by atoms with E-state index >= 15 is 0 Å². The van der Waals surface area contributed by atoms with Gasteiger partial charge in [0.05, 0.1) is 5.69 Å². The molecule has 0 unspecified atom stereocenters. The molecular formula is C13H11F3N2O2S. The fourth-order valence-electron chi connectivity index (χ4n) is 1.48. The molecule has 0 radical (unpaired) electrons. The molecule has 2 N–H and O–H groups in total. The zero-order chi connectivity index (χ0) is 15.8. The average Bonchev–Trinajstić information content (AvgIpc) is 2.84. The van der Waals surface area contributed by atoms with Crippen molar-refractivity contribution in [1.29, 1.82) is 0 Å². The summed E-state index contributed by atoms with van der Waals surface area (Å²) in [4.78, 5) is 15.2. The smallest absolute Gasteiger partial charge is 0.315 e. The van der Waals surface area contributed by atoms with Crippen LogP contribution < -0.4 is 5.32 Å². The minimum Gasteiger partial charge on any atom is -0.481 e. The van der Waals surface area contributed by atoms with Gasteiger partial charge in [-0.2, -0.15) is 0 Å². The molecule has 0 spiro atoms. The first-order valence-electron chi connectivity index (χ1n) is 5.83. The van der Waals surface area contributed by atoms with Crippen LogP contribution in [-0.4, -0.2) is 16.1 Å². The minimum atomic E-state index is -1.55. The lowest BCUT2D eigenvalue weighted by atomic mass is 9.90. The predicted molar refractivity (Wildman–Crippen MR) is 72.4 cm³/mol. The van der Waals surface area contributed by atoms with E-state index in [1.807, 2.05) is 0 Å². The highest BCUT2D eigenvalue weighted by Crippen LogP contribution is 2.29. The van der Waals surface area contributed by atoms with E-state index in [1.165, 1.54) is 19.2 Å². The zero-order valence-corrected chi connectivity index (χ0v) is 11.9. The van der Waals surface area contributed by atoms with Crippen LogP contribution in [0.4, 0.5) is 24.0 Å². The molecule has 2 rings (SSSR count). The molecule has 1 heterocycles. The number of anilines is 2. The number of nitrogens with zero attached hydrogens (tertiary/aromatic N) is 1. The van der Waals surface area contributed by atoms with Crippen LogP contribution in [-0.2, 0) is 10.2 Å². The molecule has 0 aliphatic rings. The number of hydrogen-bond acceptors (Lipinski definition) is 4. The van der Waals surface area contributed by atoms with Crippen molar-refractivity contribution >= 4 is 28.1 Å². The van der Waals surface area contributed by atoms with Crippen molar-refractivity contribution in [1.82, 2.24) is 4.98 Å². The third kappa shape index (κ3) is 2.99. The van der Waals surface area contributed by atoms with Gasteiger partial charge in [-0.15, -0.1) is 11.3 Å². The molecule has 112 valence electrons. The van der Waals surface area contributed by atoms with Crippen LogP contribution in [0.2, 0.25) is 0 Å². The molecule has 2 aromatic rings. The Morgan fingerprint density at radius 3 is 2.38 bits per heavy atom. The van der Waals surface area contributed by atoms with Gasteiger partial charge in [0.25, 0.3) is 0 Å². The van der Waals surface area contributed by atoms with Gasteiger partial charge in [0.2, 0.25) is 0 Å². The lowest BCUT2D eigenvalue weighted by molar-refractivity contribution is -0.142. The van der Waals surface area contributed by atoms with E-state index in [-0.39, 0.29) is 10.8 Å². The van der Waals surface area contributed by atoms with Crippen LogP contribution >= 0.6 is 11.3 Å². The fraction of sp³-hybridized carbons (Fsp3) is 0.231. The molecule has 0 fully saturated rings. The first-order valence-corrected chi connectivity index (χ1v) is 6.70. The van der Waals surface area contributed by atoms with Gasteiger partial charge in [0, 0.05) is 23.2 Å². The van der Waals surface area contributed by atoms with Crippen molar-refractivity contribution in [3.8, 4) is 0 Å². The van der Waals surface area contributed by atoms with Gasteiger partial charge in [0.1, 0.15) is 5.41 Å². The number of nitrogens with one attached hydrogen (secondary N) is 1. The second-order valence-corrected chi connectivity index (χ2v) is 5.71. The number of hydrogen-bond donors (Lipinski definition) is 2. The zero-order valence-electron chi connectivity index (χ0n) is 11.1. The number of aromatic nitrogens is 1. The standard InChI is InChI=1S/C13H11F3N2O2S/c1-13(2,11(19)20)9-5-21-12(18-9)17-6-3-7(14)10(16)8(15)4-6/h3-5H,1-2H3,(H,17,18)(H,19,20). The molecular weight excluding hydrogens is 305 g/mol. The van der Waals surface area contributed by atoms with Gasteiger partial charge in [0.15, 0.2) is 22.6 Å². The average molecular weight is 316 g/mol. The SMILES string of the molecule is CC(C)(C(=O)O)c1csc(Nc2cc(F)c(F)c(F)c2)n1. The number of carbonyl (C=O) groups is 1. The third-order valence-electron chi connectivity index (χ3n) is 2.91. The topological polar surface area (TPSA) is 62.2 Å². The molecule has 0 amide bonds. The Balaban J connectivity index is 2.26. The number of carboxylic acid groups (broad SMARTS) is 1. The van der Waals surface area contributed by atoms with Crippen molar-refractivity contribution in [2.24, 2.45) is 0 Å². The summed E-state index contributed by atoms with van der Waals surface area (Å²) < 4.78 is 39.0. The van der Waals surface area contributed by atoms with Crippen LogP contribution in [0.25, 0.3) is 0 Å². The molecule has 21 heavy (non-hydrogen) atoms. The van der Waals surface area contributed by atoms with Crippen LogP contribution in [0, 0.1) is 17.5 Å². The second-order valence-electron chi connectivity index (χ2n) is 4.85. The Kier molecular flexibility index (Phi) is 3.91. The number of thiazole rings is 1. The Labute approximate surface area is 122 Å². The highest BCUT2D eigenvalue weighted by Gasteiger charge is 2.32. The van der Waals surface area contributed by atoms with Crippen molar-refractivity contribution in [2.75, 3.05) is 5.32 Å². The van der Waals surface area contributed by atoms with Gasteiger partial charge >= 0.3 is 5.97 Å². The summed E-state index contributed by atoms with van der Waals surface area (Å²) in [6.45, 7) is 2.98. The molecule has 0 saturated heterocycles. The summed E-state index contributed by atoms with van der Waals surface area (Å²) in [5, 5.41) is 13.5. The molecule has 1 aromatic heterocycles. The Morgan fingerprint density at radius 2 is 1.86 bits per heavy atom. The first kappa shape index (κ1) is 15.3. The molecule has 8 heteroatoms. The Morgan fingerprint density at radius 1 is 1.29 bits per heavy atom. The fourth-order valence-corrected chi connectivity index (χ4v) is 2.38. The molecule has 0 aliphatic heterocycles. The van der Waals surface area contributed by atoms with Crippen LogP contribution in [0.15, 0.2) is 17.5 Å². The van der Waals surface area contributed by atoms with Crippen molar-refractivity contribution in [3.63, 3.8) is 0 Å².